The molecule has 2 aromatic carbocycles. The zero-order valence-electron chi connectivity index (χ0n) is 11.1. The summed E-state index contributed by atoms with van der Waals surface area (Å²) >= 11 is 12.0. The van der Waals surface area contributed by atoms with Crippen molar-refractivity contribution in [1.82, 2.24) is 0 Å². The van der Waals surface area contributed by atoms with Crippen molar-refractivity contribution in [3.63, 3.8) is 0 Å². The van der Waals surface area contributed by atoms with E-state index in [1.807, 2.05) is 17.0 Å². The van der Waals surface area contributed by atoms with Gasteiger partial charge < -0.3 is 15.5 Å². The molecule has 2 N–H and O–H groups in total. The molecule has 1 fully saturated rings. The van der Waals surface area contributed by atoms with Gasteiger partial charge in [-0.3, -0.25) is 9.59 Å². The number of anilines is 3. The van der Waals surface area contributed by atoms with E-state index in [0.717, 1.165) is 5.69 Å². The van der Waals surface area contributed by atoms with E-state index in [9.17, 15) is 9.59 Å². The Balaban J connectivity index is 1.74. The van der Waals surface area contributed by atoms with Crippen molar-refractivity contribution in [2.24, 2.45) is 0 Å². The maximum Gasteiger partial charge on any atom is 0.253 e. The molecule has 110 valence electrons. The highest BCUT2D eigenvalue weighted by Crippen LogP contribution is 2.27. The maximum absolute atomic E-state index is 11.5. The van der Waals surface area contributed by atoms with E-state index in [0.29, 0.717) is 41.9 Å². The van der Waals surface area contributed by atoms with Gasteiger partial charge in [0, 0.05) is 41.9 Å². The number of nitrogens with two attached hydrogens (primary N) is 1. The van der Waals surface area contributed by atoms with E-state index in [4.69, 9.17) is 28.9 Å². The van der Waals surface area contributed by atoms with Crippen LogP contribution in [0.3, 0.4) is 0 Å². The summed E-state index contributed by atoms with van der Waals surface area (Å²) in [5.74, 6) is 0. The van der Waals surface area contributed by atoms with Gasteiger partial charge in [-0.25, -0.2) is 0 Å². The normalized spacial score (nSPS) is 15.7. The molecule has 1 heterocycles. The van der Waals surface area contributed by atoms with Crippen LogP contribution in [-0.4, -0.2) is 26.2 Å². The molecule has 0 aromatic heterocycles. The summed E-state index contributed by atoms with van der Waals surface area (Å²) in [5, 5.41) is 1.18. The molecule has 5 nitrogen and oxygen atoms in total. The zero-order chi connectivity index (χ0) is 15.1. The molecule has 21 heavy (non-hydrogen) atoms. The largest absolute Gasteiger partial charge is 0.394 e. The van der Waals surface area contributed by atoms with E-state index < -0.39 is 10.9 Å². The number of benzene rings is 1. The van der Waals surface area contributed by atoms with Crippen molar-refractivity contribution in [2.45, 2.75) is 0 Å². The number of hydrogen-bond donors (Lipinski definition) is 1. The van der Waals surface area contributed by atoms with E-state index in [2.05, 4.69) is 4.90 Å². The molecule has 0 spiro atoms. The average Bonchev–Trinajstić information content (AvgIpc) is 2.47. The van der Waals surface area contributed by atoms with E-state index in [-0.39, 0.29) is 5.69 Å². The van der Waals surface area contributed by atoms with Crippen LogP contribution in [0.4, 0.5) is 17.1 Å². The van der Waals surface area contributed by atoms with Crippen LogP contribution in [0.25, 0.3) is 0 Å². The zero-order valence-corrected chi connectivity index (χ0v) is 12.6. The van der Waals surface area contributed by atoms with Crippen LogP contribution in [0, 0.1) is 0 Å². The third-order valence-corrected chi connectivity index (χ3v) is 4.17. The third-order valence-electron chi connectivity index (χ3n) is 3.73. The third kappa shape index (κ3) is 2.47. The molecule has 0 radical (unpaired) electrons. The van der Waals surface area contributed by atoms with Crippen LogP contribution in [0.5, 0.6) is 0 Å². The Morgan fingerprint density at radius 1 is 0.857 bits per heavy atom. The second-order valence-corrected chi connectivity index (χ2v) is 5.90. The quantitative estimate of drug-likeness (QED) is 0.847. The summed E-state index contributed by atoms with van der Waals surface area (Å²) in [4.78, 5) is 26.7. The lowest BCUT2D eigenvalue weighted by molar-refractivity contribution is 0.651. The van der Waals surface area contributed by atoms with Gasteiger partial charge >= 0.3 is 0 Å². The second kappa shape index (κ2) is 5.24. The Morgan fingerprint density at radius 2 is 1.38 bits per heavy atom. The van der Waals surface area contributed by atoms with Gasteiger partial charge in [0.15, 0.2) is 0 Å². The number of halogens is 2. The lowest BCUT2D eigenvalue weighted by Crippen LogP contribution is -2.51. The predicted molar refractivity (Wildman–Crippen MR) is 86.7 cm³/mol. The summed E-state index contributed by atoms with van der Waals surface area (Å²) in [6.07, 6.45) is 0. The van der Waals surface area contributed by atoms with Crippen molar-refractivity contribution >= 4 is 40.3 Å². The predicted octanol–water partition coefficient (Wildman–Crippen LogP) is 1.50. The van der Waals surface area contributed by atoms with Gasteiger partial charge in [-0.2, -0.15) is 0 Å². The van der Waals surface area contributed by atoms with Gasteiger partial charge in [0.05, 0.1) is 0 Å². The minimum Gasteiger partial charge on any atom is -0.394 e. The molecule has 0 aliphatic carbocycles. The van der Waals surface area contributed by atoms with E-state index in [1.165, 1.54) is 0 Å². The van der Waals surface area contributed by atoms with Crippen LogP contribution >= 0.6 is 23.2 Å². The minimum absolute atomic E-state index is 0.0826. The Kier molecular flexibility index (Phi) is 3.55. The van der Waals surface area contributed by atoms with E-state index >= 15 is 0 Å². The molecule has 0 saturated carbocycles. The van der Waals surface area contributed by atoms with Crippen molar-refractivity contribution < 1.29 is 0 Å². The summed E-state index contributed by atoms with van der Waals surface area (Å²) in [6.45, 7) is 2.65. The van der Waals surface area contributed by atoms with Crippen LogP contribution < -0.4 is 26.4 Å². The van der Waals surface area contributed by atoms with Gasteiger partial charge in [0.2, 0.25) is 0 Å². The highest BCUT2D eigenvalue weighted by atomic mass is 35.5. The second-order valence-electron chi connectivity index (χ2n) is 5.02. The van der Waals surface area contributed by atoms with Gasteiger partial charge in [-0.1, -0.05) is 23.2 Å². The molecule has 7 heteroatoms. The number of piperazine rings is 1. The van der Waals surface area contributed by atoms with Gasteiger partial charge in [0.1, 0.15) is 11.4 Å². The van der Waals surface area contributed by atoms with Gasteiger partial charge in [0.25, 0.3) is 10.9 Å². The topological polar surface area (TPSA) is 66.6 Å². The number of nitrogen functional groups attached to an aromatic ring is 1. The molecule has 0 atom stereocenters. The molecule has 1 aliphatic rings. The summed E-state index contributed by atoms with van der Waals surface area (Å²) in [7, 11) is 0. The Hall–Kier alpha value is -1.72. The number of nitrogens with zero attached hydrogens (tertiary/aromatic N) is 2. The Labute approximate surface area is 131 Å². The molecule has 1 aliphatic heterocycles. The fourth-order valence-corrected chi connectivity index (χ4v) is 3.14. The van der Waals surface area contributed by atoms with Crippen LogP contribution in [0.2, 0.25) is 10.0 Å². The number of rotatable bonds is 2. The van der Waals surface area contributed by atoms with E-state index in [1.54, 1.807) is 6.07 Å². The summed E-state index contributed by atoms with van der Waals surface area (Å²) in [6, 6.07) is 5.40. The Morgan fingerprint density at radius 3 is 1.90 bits per heavy atom. The molecular formula is C14H13Cl2N3O2. The SMILES string of the molecule is Nc1c(N2CCN(c3cc(Cl)cc(Cl)c3)CC2)c(=O)c1=O. The maximum atomic E-state index is 11.5. The van der Waals surface area contributed by atoms with Crippen molar-refractivity contribution in [3.05, 3.63) is 48.7 Å². The standard InChI is InChI=1S/C14H13Cl2N3O2/c15-8-5-9(16)7-10(6-8)18-1-3-19(4-2-18)12-11(17)13(20)14(12)21/h5-7H,1-4,17H2. The molecule has 1 saturated heterocycles. The fraction of sp³-hybridized carbons (Fsp3) is 0.286. The molecule has 0 amide bonds. The highest BCUT2D eigenvalue weighted by molar-refractivity contribution is 6.35. The lowest BCUT2D eigenvalue weighted by Gasteiger charge is -2.37. The molecule has 3 rings (SSSR count). The van der Waals surface area contributed by atoms with Crippen LogP contribution in [0.1, 0.15) is 0 Å². The molecule has 0 bridgehead atoms. The average molecular weight is 326 g/mol. The van der Waals surface area contributed by atoms with Crippen molar-refractivity contribution in [3.8, 4) is 0 Å². The fourth-order valence-electron chi connectivity index (χ4n) is 2.62. The minimum atomic E-state index is -0.575. The first kappa shape index (κ1) is 14.2. The van der Waals surface area contributed by atoms with Gasteiger partial charge in [-0.05, 0) is 18.2 Å². The van der Waals surface area contributed by atoms with Crippen molar-refractivity contribution in [2.75, 3.05) is 41.7 Å². The first-order chi connectivity index (χ1) is 9.97. The lowest BCUT2D eigenvalue weighted by atomic mass is 10.1. The molecular weight excluding hydrogens is 313 g/mol. The number of hydrogen-bond acceptors (Lipinski definition) is 5. The molecule has 2 aromatic rings. The van der Waals surface area contributed by atoms with Crippen LogP contribution in [0.15, 0.2) is 27.8 Å². The summed E-state index contributed by atoms with van der Waals surface area (Å²) < 4.78 is 0. The summed E-state index contributed by atoms with van der Waals surface area (Å²) in [5.41, 5.74) is 5.93. The monoisotopic (exact) mass is 325 g/mol. The van der Waals surface area contributed by atoms with Gasteiger partial charge in [-0.15, -0.1) is 0 Å². The first-order valence-electron chi connectivity index (χ1n) is 6.52. The smallest absolute Gasteiger partial charge is 0.253 e. The molecule has 0 unspecified atom stereocenters. The first-order valence-corrected chi connectivity index (χ1v) is 7.27. The van der Waals surface area contributed by atoms with Crippen LogP contribution in [-0.2, 0) is 0 Å². The highest BCUT2D eigenvalue weighted by Gasteiger charge is 2.27. The Bertz CT molecular complexity index is 740. The van der Waals surface area contributed by atoms with Crippen molar-refractivity contribution in [1.29, 1.82) is 0 Å².